The molecule has 1 saturated heterocycles. The van der Waals surface area contributed by atoms with Crippen molar-refractivity contribution in [3.8, 4) is 0 Å². The summed E-state index contributed by atoms with van der Waals surface area (Å²) in [4.78, 5) is 40.2. The van der Waals surface area contributed by atoms with Crippen LogP contribution in [0, 0.1) is 10.1 Å². The number of nitro benzene ring substituents is 1. The molecule has 1 N–H and O–H groups in total. The molecule has 0 aliphatic carbocycles. The predicted molar refractivity (Wildman–Crippen MR) is 112 cm³/mol. The highest BCUT2D eigenvalue weighted by atomic mass is 16.6. The number of carbonyl (C=O) groups excluding carboxylic acids is 1. The van der Waals surface area contributed by atoms with Crippen LogP contribution in [0.3, 0.4) is 0 Å². The molecule has 1 aliphatic rings. The summed E-state index contributed by atoms with van der Waals surface area (Å²) < 4.78 is 0. The van der Waals surface area contributed by atoms with Gasteiger partial charge in [0.25, 0.3) is 11.6 Å². The first-order valence-electron chi connectivity index (χ1n) is 9.39. The van der Waals surface area contributed by atoms with Gasteiger partial charge in [0.05, 0.1) is 23.0 Å². The van der Waals surface area contributed by atoms with Gasteiger partial charge in [-0.2, -0.15) is 0 Å². The second-order valence-corrected chi connectivity index (χ2v) is 6.66. The van der Waals surface area contributed by atoms with E-state index in [1.807, 2.05) is 18.2 Å². The summed E-state index contributed by atoms with van der Waals surface area (Å²) in [6.07, 6.45) is 4.78. The van der Waals surface area contributed by atoms with Crippen molar-refractivity contribution < 1.29 is 9.72 Å². The third kappa shape index (κ3) is 4.17. The Morgan fingerprint density at radius 1 is 0.933 bits per heavy atom. The van der Waals surface area contributed by atoms with Gasteiger partial charge in [-0.05, 0) is 18.2 Å². The number of pyridine rings is 1. The van der Waals surface area contributed by atoms with E-state index in [-0.39, 0.29) is 11.3 Å². The number of hydrogen-bond acceptors (Lipinski definition) is 8. The van der Waals surface area contributed by atoms with Crippen molar-refractivity contribution in [3.05, 3.63) is 76.7 Å². The topological polar surface area (TPSA) is 117 Å². The molecule has 10 heteroatoms. The van der Waals surface area contributed by atoms with Crippen LogP contribution in [0.25, 0.3) is 0 Å². The van der Waals surface area contributed by atoms with Crippen LogP contribution in [0.2, 0.25) is 0 Å². The Balaban J connectivity index is 1.38. The standard InChI is InChI=1S/C20H19N7O3/c28-19(16-5-1-2-6-17(16)27(29)30)24-15-13-22-20(23-14-15)26-11-9-25(10-12-26)18-7-3-4-8-21-18/h1-8,13-14H,9-12H2,(H,24,28). The van der Waals surface area contributed by atoms with Crippen LogP contribution in [0.15, 0.2) is 61.1 Å². The van der Waals surface area contributed by atoms with Gasteiger partial charge in [0.1, 0.15) is 11.4 Å². The zero-order valence-corrected chi connectivity index (χ0v) is 16.0. The highest BCUT2D eigenvalue weighted by Crippen LogP contribution is 2.20. The van der Waals surface area contributed by atoms with Crippen LogP contribution >= 0.6 is 0 Å². The summed E-state index contributed by atoms with van der Waals surface area (Å²) in [5, 5.41) is 13.7. The van der Waals surface area contributed by atoms with Crippen LogP contribution in [0.1, 0.15) is 10.4 Å². The van der Waals surface area contributed by atoms with E-state index >= 15 is 0 Å². The molecule has 1 amide bonds. The fourth-order valence-electron chi connectivity index (χ4n) is 3.25. The number of nitrogens with one attached hydrogen (secondary N) is 1. The first-order valence-corrected chi connectivity index (χ1v) is 9.39. The zero-order valence-electron chi connectivity index (χ0n) is 16.0. The number of nitro groups is 1. The Hall–Kier alpha value is -4.08. The minimum atomic E-state index is -0.584. The number of rotatable bonds is 5. The number of nitrogens with zero attached hydrogens (tertiary/aromatic N) is 6. The molecule has 10 nitrogen and oxygen atoms in total. The third-order valence-corrected chi connectivity index (χ3v) is 4.78. The van der Waals surface area contributed by atoms with E-state index in [9.17, 15) is 14.9 Å². The van der Waals surface area contributed by atoms with Gasteiger partial charge in [-0.15, -0.1) is 0 Å². The number of carbonyl (C=O) groups is 1. The maximum absolute atomic E-state index is 12.4. The minimum absolute atomic E-state index is 0.0165. The molecule has 0 saturated carbocycles. The quantitative estimate of drug-likeness (QED) is 0.508. The van der Waals surface area contributed by atoms with E-state index in [2.05, 4.69) is 30.1 Å². The van der Waals surface area contributed by atoms with Gasteiger partial charge in [0.2, 0.25) is 5.95 Å². The monoisotopic (exact) mass is 405 g/mol. The lowest BCUT2D eigenvalue weighted by Gasteiger charge is -2.35. The first kappa shape index (κ1) is 19.2. The van der Waals surface area contributed by atoms with Crippen LogP contribution < -0.4 is 15.1 Å². The normalized spacial score (nSPS) is 13.7. The van der Waals surface area contributed by atoms with E-state index < -0.39 is 10.8 Å². The average Bonchev–Trinajstić information content (AvgIpc) is 2.80. The van der Waals surface area contributed by atoms with Gasteiger partial charge >= 0.3 is 0 Å². The number of amides is 1. The maximum Gasteiger partial charge on any atom is 0.282 e. The second-order valence-electron chi connectivity index (χ2n) is 6.66. The fraction of sp³-hybridized carbons (Fsp3) is 0.200. The van der Waals surface area contributed by atoms with Gasteiger partial charge in [-0.1, -0.05) is 18.2 Å². The van der Waals surface area contributed by atoms with Gasteiger partial charge in [-0.25, -0.2) is 15.0 Å². The van der Waals surface area contributed by atoms with Crippen LogP contribution in [-0.4, -0.2) is 52.0 Å². The van der Waals surface area contributed by atoms with Gasteiger partial charge in [0, 0.05) is 38.4 Å². The Morgan fingerprint density at radius 3 is 2.27 bits per heavy atom. The molecule has 0 atom stereocenters. The lowest BCUT2D eigenvalue weighted by Crippen LogP contribution is -2.47. The predicted octanol–water partition coefficient (Wildman–Crippen LogP) is 2.36. The average molecular weight is 405 g/mol. The molecule has 30 heavy (non-hydrogen) atoms. The van der Waals surface area contributed by atoms with Crippen molar-refractivity contribution >= 4 is 29.0 Å². The SMILES string of the molecule is O=C(Nc1cnc(N2CCN(c3ccccn3)CC2)nc1)c1ccccc1[N+](=O)[O-]. The highest BCUT2D eigenvalue weighted by Gasteiger charge is 2.21. The summed E-state index contributed by atoms with van der Waals surface area (Å²) in [6.45, 7) is 3.10. The number of hydrogen-bond donors (Lipinski definition) is 1. The van der Waals surface area contributed by atoms with Gasteiger partial charge in [-0.3, -0.25) is 14.9 Å². The zero-order chi connectivity index (χ0) is 20.9. The molecular weight excluding hydrogens is 386 g/mol. The van der Waals surface area contributed by atoms with E-state index in [1.165, 1.54) is 30.6 Å². The highest BCUT2D eigenvalue weighted by molar-refractivity contribution is 6.06. The molecule has 152 valence electrons. The molecule has 0 bridgehead atoms. The lowest BCUT2D eigenvalue weighted by atomic mass is 10.1. The Kier molecular flexibility index (Phi) is 5.46. The summed E-state index contributed by atoms with van der Waals surface area (Å²) in [7, 11) is 0. The van der Waals surface area contributed by atoms with Gasteiger partial charge in [0.15, 0.2) is 0 Å². The maximum atomic E-state index is 12.4. The van der Waals surface area contributed by atoms with Gasteiger partial charge < -0.3 is 15.1 Å². The van der Waals surface area contributed by atoms with Crippen molar-refractivity contribution in [2.45, 2.75) is 0 Å². The Labute approximate surface area is 172 Å². The summed E-state index contributed by atoms with van der Waals surface area (Å²) in [5.41, 5.74) is 0.101. The summed E-state index contributed by atoms with van der Waals surface area (Å²) in [5.74, 6) is 0.938. The van der Waals surface area contributed by atoms with E-state index in [0.29, 0.717) is 11.6 Å². The van der Waals surface area contributed by atoms with Crippen LogP contribution in [-0.2, 0) is 0 Å². The molecular formula is C20H19N7O3. The van der Waals surface area contributed by atoms with Crippen molar-refractivity contribution in [2.75, 3.05) is 41.3 Å². The van der Waals surface area contributed by atoms with Crippen molar-refractivity contribution in [2.24, 2.45) is 0 Å². The van der Waals surface area contributed by atoms with Crippen LogP contribution in [0.5, 0.6) is 0 Å². The molecule has 1 aromatic carbocycles. The molecule has 0 unspecified atom stereocenters. The molecule has 3 aromatic rings. The number of piperazine rings is 1. The molecule has 1 aliphatic heterocycles. The minimum Gasteiger partial charge on any atom is -0.353 e. The number of aromatic nitrogens is 3. The second kappa shape index (κ2) is 8.52. The Bertz CT molecular complexity index is 1040. The van der Waals surface area contributed by atoms with E-state index in [1.54, 1.807) is 12.3 Å². The molecule has 4 rings (SSSR count). The summed E-state index contributed by atoms with van der Waals surface area (Å²) >= 11 is 0. The number of benzene rings is 1. The smallest absolute Gasteiger partial charge is 0.282 e. The third-order valence-electron chi connectivity index (χ3n) is 4.78. The number of para-hydroxylation sites is 1. The first-order chi connectivity index (χ1) is 14.6. The molecule has 0 radical (unpaired) electrons. The molecule has 0 spiro atoms. The number of anilines is 3. The van der Waals surface area contributed by atoms with Crippen molar-refractivity contribution in [1.82, 2.24) is 15.0 Å². The lowest BCUT2D eigenvalue weighted by molar-refractivity contribution is -0.385. The van der Waals surface area contributed by atoms with Crippen molar-refractivity contribution in [1.29, 1.82) is 0 Å². The van der Waals surface area contributed by atoms with Crippen molar-refractivity contribution in [3.63, 3.8) is 0 Å². The molecule has 3 heterocycles. The fourth-order valence-corrected chi connectivity index (χ4v) is 3.25. The Morgan fingerprint density at radius 2 is 1.60 bits per heavy atom. The molecule has 2 aromatic heterocycles. The largest absolute Gasteiger partial charge is 0.353 e. The van der Waals surface area contributed by atoms with Crippen LogP contribution in [0.4, 0.5) is 23.1 Å². The molecule has 1 fully saturated rings. The summed E-state index contributed by atoms with van der Waals surface area (Å²) in [6, 6.07) is 11.6. The van der Waals surface area contributed by atoms with E-state index in [0.717, 1.165) is 32.0 Å². The van der Waals surface area contributed by atoms with E-state index in [4.69, 9.17) is 0 Å².